The normalized spacial score (nSPS) is 9.54. The molecule has 0 saturated heterocycles. The minimum Gasteiger partial charge on any atom is -0.272 e. The smallest absolute Gasteiger partial charge is 0.272 e. The summed E-state index contributed by atoms with van der Waals surface area (Å²) < 4.78 is 0.742. The van der Waals surface area contributed by atoms with Gasteiger partial charge in [0.05, 0.1) is 0 Å². The number of aromatic nitrogens is 2. The average molecular weight is 183 g/mol. The molecule has 0 unspecified atom stereocenters. The number of hydrogen-bond acceptors (Lipinski definition) is 4. The van der Waals surface area contributed by atoms with E-state index in [0.717, 1.165) is 23.0 Å². The Hall–Kier alpha value is -2.18. The molecule has 13 heavy (non-hydrogen) atoms. The number of rotatable bonds is 2. The molecule has 0 aliphatic heterocycles. The van der Waals surface area contributed by atoms with Crippen molar-refractivity contribution in [1.29, 1.82) is 0 Å². The predicted molar refractivity (Wildman–Crippen MR) is 43.7 cm³/mol. The first-order valence-corrected chi connectivity index (χ1v) is 3.19. The van der Waals surface area contributed by atoms with Crippen LogP contribution in [-0.2, 0) is 0 Å². The largest absolute Gasteiger partial charge is 0.395 e. The molecular weight excluding hydrogens is 178 g/mol. The number of hydrogen-bond donors (Lipinski definition) is 0. The standard InChI is InChI=1S/C6H5N3O4/c1-2-7-4-3-5(10)8(6(7)11)9(12)13/h2-4H,1H2. The van der Waals surface area contributed by atoms with Gasteiger partial charge in [-0.2, -0.15) is 0 Å². The van der Waals surface area contributed by atoms with Crippen molar-refractivity contribution in [3.05, 3.63) is 49.8 Å². The lowest BCUT2D eigenvalue weighted by molar-refractivity contribution is -0.548. The van der Waals surface area contributed by atoms with E-state index >= 15 is 0 Å². The van der Waals surface area contributed by atoms with Crippen molar-refractivity contribution in [3.63, 3.8) is 0 Å². The third-order valence-electron chi connectivity index (χ3n) is 1.35. The Morgan fingerprint density at radius 1 is 1.54 bits per heavy atom. The Morgan fingerprint density at radius 3 is 2.62 bits per heavy atom. The molecule has 0 spiro atoms. The van der Waals surface area contributed by atoms with Gasteiger partial charge in [-0.05, 0) is 0 Å². The predicted octanol–water partition coefficient (Wildman–Crippen LogP) is -0.850. The second kappa shape index (κ2) is 3.05. The summed E-state index contributed by atoms with van der Waals surface area (Å²) in [6.07, 6.45) is 2.18. The minimum atomic E-state index is -1.08. The van der Waals surface area contributed by atoms with Crippen LogP contribution < -0.4 is 11.2 Å². The lowest BCUT2D eigenvalue weighted by Gasteiger charge is -1.96. The van der Waals surface area contributed by atoms with Crippen LogP contribution in [0.4, 0.5) is 0 Å². The van der Waals surface area contributed by atoms with E-state index in [1.54, 1.807) is 0 Å². The lowest BCUT2D eigenvalue weighted by Crippen LogP contribution is -2.41. The van der Waals surface area contributed by atoms with E-state index in [9.17, 15) is 19.7 Å². The molecule has 0 fully saturated rings. The van der Waals surface area contributed by atoms with E-state index in [1.165, 1.54) is 0 Å². The molecule has 1 heterocycles. The first kappa shape index (κ1) is 8.91. The molecule has 0 saturated carbocycles. The molecular formula is C6H5N3O4. The third-order valence-corrected chi connectivity index (χ3v) is 1.35. The Bertz CT molecular complexity index is 470. The molecule has 0 N–H and O–H groups in total. The highest BCUT2D eigenvalue weighted by Crippen LogP contribution is 1.76. The van der Waals surface area contributed by atoms with Gasteiger partial charge in [-0.3, -0.25) is 9.36 Å². The van der Waals surface area contributed by atoms with E-state index in [-0.39, 0.29) is 4.68 Å². The first-order valence-electron chi connectivity index (χ1n) is 3.19. The summed E-state index contributed by atoms with van der Waals surface area (Å²) in [7, 11) is 0. The summed E-state index contributed by atoms with van der Waals surface area (Å²) in [5.74, 6) is 0. The zero-order valence-corrected chi connectivity index (χ0v) is 6.41. The zero-order chi connectivity index (χ0) is 10.0. The van der Waals surface area contributed by atoms with Crippen molar-refractivity contribution in [3.8, 4) is 0 Å². The molecule has 0 radical (unpaired) electrons. The molecule has 7 nitrogen and oxygen atoms in total. The maximum Gasteiger partial charge on any atom is 0.395 e. The summed E-state index contributed by atoms with van der Waals surface area (Å²) >= 11 is 0. The Balaban J connectivity index is 3.68. The van der Waals surface area contributed by atoms with Crippen molar-refractivity contribution < 1.29 is 5.03 Å². The molecule has 0 amide bonds. The topological polar surface area (TPSA) is 87.1 Å². The summed E-state index contributed by atoms with van der Waals surface area (Å²) in [5.41, 5.74) is -2.03. The molecule has 0 aliphatic rings. The number of nitrogens with zero attached hydrogens (tertiary/aromatic N) is 3. The Kier molecular flexibility index (Phi) is 2.09. The van der Waals surface area contributed by atoms with Crippen LogP contribution in [0, 0.1) is 10.1 Å². The second-order valence-electron chi connectivity index (χ2n) is 2.08. The Morgan fingerprint density at radius 2 is 2.15 bits per heavy atom. The van der Waals surface area contributed by atoms with Crippen molar-refractivity contribution in [2.24, 2.45) is 0 Å². The average Bonchev–Trinajstić information content (AvgIpc) is 2.04. The van der Waals surface area contributed by atoms with E-state index in [1.807, 2.05) is 0 Å². The maximum atomic E-state index is 11.1. The summed E-state index contributed by atoms with van der Waals surface area (Å²) in [5, 5.41) is 9.15. The van der Waals surface area contributed by atoms with Crippen LogP contribution in [0.1, 0.15) is 0 Å². The van der Waals surface area contributed by atoms with Crippen molar-refractivity contribution in [2.45, 2.75) is 0 Å². The van der Waals surface area contributed by atoms with Crippen LogP contribution in [0.3, 0.4) is 0 Å². The molecule has 7 heteroatoms. The number of nitro groups is 1. The van der Waals surface area contributed by atoms with E-state index < -0.39 is 16.3 Å². The zero-order valence-electron chi connectivity index (χ0n) is 6.41. The van der Waals surface area contributed by atoms with Crippen LogP contribution in [0.2, 0.25) is 0 Å². The van der Waals surface area contributed by atoms with Crippen molar-refractivity contribution in [1.82, 2.24) is 9.24 Å². The fourth-order valence-corrected chi connectivity index (χ4v) is 0.771. The van der Waals surface area contributed by atoms with Crippen LogP contribution in [-0.4, -0.2) is 14.3 Å². The molecule has 0 bridgehead atoms. The van der Waals surface area contributed by atoms with Gasteiger partial charge >= 0.3 is 11.2 Å². The molecule has 1 rings (SSSR count). The van der Waals surface area contributed by atoms with Gasteiger partial charge in [0, 0.05) is 23.1 Å². The van der Waals surface area contributed by atoms with Gasteiger partial charge in [-0.1, -0.05) is 6.58 Å². The van der Waals surface area contributed by atoms with E-state index in [0.29, 0.717) is 0 Å². The fourth-order valence-electron chi connectivity index (χ4n) is 0.771. The maximum absolute atomic E-state index is 11.1. The highest BCUT2D eigenvalue weighted by Gasteiger charge is 2.11. The van der Waals surface area contributed by atoms with Gasteiger partial charge in [-0.15, -0.1) is 0 Å². The third kappa shape index (κ3) is 1.39. The second-order valence-corrected chi connectivity index (χ2v) is 2.08. The Labute approximate surface area is 71.3 Å². The van der Waals surface area contributed by atoms with Crippen LogP contribution in [0.25, 0.3) is 6.20 Å². The van der Waals surface area contributed by atoms with Crippen molar-refractivity contribution >= 4 is 6.20 Å². The van der Waals surface area contributed by atoms with Crippen LogP contribution in [0.15, 0.2) is 28.4 Å². The van der Waals surface area contributed by atoms with Gasteiger partial charge in [0.25, 0.3) is 0 Å². The van der Waals surface area contributed by atoms with E-state index in [4.69, 9.17) is 0 Å². The molecule has 1 aromatic heterocycles. The van der Waals surface area contributed by atoms with E-state index in [2.05, 4.69) is 6.58 Å². The van der Waals surface area contributed by atoms with Gasteiger partial charge < -0.3 is 0 Å². The highest BCUT2D eigenvalue weighted by atomic mass is 16.7. The van der Waals surface area contributed by atoms with Crippen LogP contribution >= 0.6 is 0 Å². The molecule has 1 aromatic rings. The van der Waals surface area contributed by atoms with Gasteiger partial charge in [0.1, 0.15) is 0 Å². The highest BCUT2D eigenvalue weighted by molar-refractivity contribution is 5.14. The molecule has 0 atom stereocenters. The summed E-state index contributed by atoms with van der Waals surface area (Å²) in [6, 6.07) is 0.909. The molecule has 0 aliphatic carbocycles. The fraction of sp³-hybridized carbons (Fsp3) is 0. The monoisotopic (exact) mass is 183 g/mol. The van der Waals surface area contributed by atoms with Crippen molar-refractivity contribution in [2.75, 3.05) is 0 Å². The molecule has 0 aromatic carbocycles. The minimum absolute atomic E-state index is 0.0956. The summed E-state index contributed by atoms with van der Waals surface area (Å²) in [6.45, 7) is 3.25. The lowest BCUT2D eigenvalue weighted by atomic mass is 10.6. The van der Waals surface area contributed by atoms with Crippen LogP contribution in [0.5, 0.6) is 0 Å². The quantitative estimate of drug-likeness (QED) is 0.441. The van der Waals surface area contributed by atoms with Gasteiger partial charge in [-0.25, -0.2) is 14.9 Å². The summed E-state index contributed by atoms with van der Waals surface area (Å²) in [4.78, 5) is 32.1. The van der Waals surface area contributed by atoms with Gasteiger partial charge in [0.2, 0.25) is 0 Å². The SMILES string of the molecule is C=Cn1ccc(=O)n([N+](=O)[O-])c1=O. The van der Waals surface area contributed by atoms with Gasteiger partial charge in [0.15, 0.2) is 5.03 Å². The molecule has 68 valence electrons. The first-order chi connectivity index (χ1) is 6.07.